The number of hydrogen-bond acceptors (Lipinski definition) is 5. The summed E-state index contributed by atoms with van der Waals surface area (Å²) in [6, 6.07) is 3.80. The van der Waals surface area contributed by atoms with E-state index in [1.54, 1.807) is 4.52 Å². The van der Waals surface area contributed by atoms with Crippen LogP contribution in [0.3, 0.4) is 0 Å². The molecule has 1 amide bonds. The highest BCUT2D eigenvalue weighted by Gasteiger charge is 2.17. The minimum Gasteiger partial charge on any atom is -0.444 e. The molecule has 1 N–H and O–H groups in total. The molecule has 0 aliphatic carbocycles. The summed E-state index contributed by atoms with van der Waals surface area (Å²) in [5.74, 6) is 0.877. The van der Waals surface area contributed by atoms with Gasteiger partial charge in [-0.2, -0.15) is 9.61 Å². The second-order valence-electron chi connectivity index (χ2n) is 6.15. The van der Waals surface area contributed by atoms with Crippen LogP contribution >= 0.6 is 0 Å². The molecule has 2 aromatic heterocycles. The lowest BCUT2D eigenvalue weighted by Crippen LogP contribution is -2.32. The second kappa shape index (κ2) is 5.67. The van der Waals surface area contributed by atoms with E-state index in [-0.39, 0.29) is 6.54 Å². The standard InChI is InChI=1S/C14H21N5O2/c1-9(2)10-6-7-11-16-17-12(19(11)18-10)8-15-13(20)21-14(3,4)5/h6-7,9H,8H2,1-5H3,(H,15,20). The van der Waals surface area contributed by atoms with Gasteiger partial charge in [0.1, 0.15) is 5.60 Å². The average Bonchev–Trinajstić information content (AvgIpc) is 2.76. The van der Waals surface area contributed by atoms with Gasteiger partial charge in [0.15, 0.2) is 11.5 Å². The van der Waals surface area contributed by atoms with Gasteiger partial charge in [-0.05, 0) is 38.8 Å². The zero-order chi connectivity index (χ0) is 15.6. The van der Waals surface area contributed by atoms with Crippen molar-refractivity contribution >= 4 is 11.7 Å². The molecule has 0 aliphatic rings. The van der Waals surface area contributed by atoms with E-state index in [2.05, 4.69) is 34.5 Å². The van der Waals surface area contributed by atoms with E-state index in [1.807, 2.05) is 32.9 Å². The van der Waals surface area contributed by atoms with Crippen LogP contribution in [0.5, 0.6) is 0 Å². The predicted molar refractivity (Wildman–Crippen MR) is 77.9 cm³/mol. The van der Waals surface area contributed by atoms with Gasteiger partial charge in [-0.25, -0.2) is 4.79 Å². The van der Waals surface area contributed by atoms with E-state index in [1.165, 1.54) is 0 Å². The molecule has 0 unspecified atom stereocenters. The lowest BCUT2D eigenvalue weighted by Gasteiger charge is -2.19. The third-order valence-electron chi connectivity index (χ3n) is 2.73. The third-order valence-corrected chi connectivity index (χ3v) is 2.73. The Morgan fingerprint density at radius 3 is 2.67 bits per heavy atom. The summed E-state index contributed by atoms with van der Waals surface area (Å²) < 4.78 is 6.83. The summed E-state index contributed by atoms with van der Waals surface area (Å²) >= 11 is 0. The molecule has 0 saturated heterocycles. The van der Waals surface area contributed by atoms with Crippen LogP contribution < -0.4 is 5.32 Å². The van der Waals surface area contributed by atoms with E-state index < -0.39 is 11.7 Å². The van der Waals surface area contributed by atoms with E-state index in [4.69, 9.17) is 4.74 Å². The summed E-state index contributed by atoms with van der Waals surface area (Å²) in [5, 5.41) is 15.2. The zero-order valence-electron chi connectivity index (χ0n) is 13.0. The lowest BCUT2D eigenvalue weighted by molar-refractivity contribution is 0.0522. The maximum absolute atomic E-state index is 11.7. The molecule has 7 heteroatoms. The molecule has 114 valence electrons. The Bertz CT molecular complexity index is 642. The van der Waals surface area contributed by atoms with Gasteiger partial charge in [-0.15, -0.1) is 10.2 Å². The van der Waals surface area contributed by atoms with E-state index in [9.17, 15) is 4.79 Å². The Labute approximate surface area is 123 Å². The van der Waals surface area contributed by atoms with Crippen molar-refractivity contribution in [3.63, 3.8) is 0 Å². The first-order chi connectivity index (χ1) is 9.76. The quantitative estimate of drug-likeness (QED) is 0.938. The van der Waals surface area contributed by atoms with Crippen molar-refractivity contribution in [1.29, 1.82) is 0 Å². The number of amides is 1. The van der Waals surface area contributed by atoms with Crippen molar-refractivity contribution in [1.82, 2.24) is 25.1 Å². The van der Waals surface area contributed by atoms with Gasteiger partial charge in [0.25, 0.3) is 0 Å². The van der Waals surface area contributed by atoms with Crippen molar-refractivity contribution in [2.75, 3.05) is 0 Å². The third kappa shape index (κ3) is 3.90. The van der Waals surface area contributed by atoms with Crippen LogP contribution in [0.2, 0.25) is 0 Å². The number of fused-ring (bicyclic) bond motifs is 1. The van der Waals surface area contributed by atoms with Gasteiger partial charge in [0.2, 0.25) is 0 Å². The Morgan fingerprint density at radius 1 is 1.33 bits per heavy atom. The molecule has 0 spiro atoms. The SMILES string of the molecule is CC(C)c1ccc2nnc(CNC(=O)OC(C)(C)C)n2n1. The Balaban J connectivity index is 2.12. The molecule has 0 aliphatic heterocycles. The molecule has 7 nitrogen and oxygen atoms in total. The van der Waals surface area contributed by atoms with Gasteiger partial charge in [-0.1, -0.05) is 13.8 Å². The van der Waals surface area contributed by atoms with Crippen LogP contribution in [0, 0.1) is 0 Å². The number of alkyl carbamates (subject to hydrolysis) is 1. The molecule has 0 saturated carbocycles. The summed E-state index contributed by atoms with van der Waals surface area (Å²) in [5.41, 5.74) is 1.07. The highest BCUT2D eigenvalue weighted by atomic mass is 16.6. The van der Waals surface area contributed by atoms with Gasteiger partial charge in [0.05, 0.1) is 12.2 Å². The molecule has 0 bridgehead atoms. The number of aromatic nitrogens is 4. The summed E-state index contributed by atoms with van der Waals surface area (Å²) in [6.45, 7) is 9.79. The maximum atomic E-state index is 11.7. The lowest BCUT2D eigenvalue weighted by atomic mass is 10.1. The molecule has 0 aromatic carbocycles. The van der Waals surface area contributed by atoms with Crippen molar-refractivity contribution in [2.45, 2.75) is 52.7 Å². The summed E-state index contributed by atoms with van der Waals surface area (Å²) in [7, 11) is 0. The summed E-state index contributed by atoms with van der Waals surface area (Å²) in [4.78, 5) is 11.7. The number of nitrogens with one attached hydrogen (secondary N) is 1. The number of rotatable bonds is 3. The monoisotopic (exact) mass is 291 g/mol. The minimum atomic E-state index is -0.528. The molecular weight excluding hydrogens is 270 g/mol. The molecule has 2 rings (SSSR count). The topological polar surface area (TPSA) is 81.4 Å². The van der Waals surface area contributed by atoms with Gasteiger partial charge in [-0.3, -0.25) is 0 Å². The Hall–Kier alpha value is -2.18. The Morgan fingerprint density at radius 2 is 2.05 bits per heavy atom. The first kappa shape index (κ1) is 15.2. The van der Waals surface area contributed by atoms with Crippen molar-refractivity contribution < 1.29 is 9.53 Å². The zero-order valence-corrected chi connectivity index (χ0v) is 13.0. The van der Waals surface area contributed by atoms with Gasteiger partial charge in [0, 0.05) is 0 Å². The van der Waals surface area contributed by atoms with Crippen LogP contribution in [-0.4, -0.2) is 31.5 Å². The number of hydrogen-bond donors (Lipinski definition) is 1. The van der Waals surface area contributed by atoms with Gasteiger partial charge >= 0.3 is 6.09 Å². The molecule has 2 heterocycles. The fourth-order valence-electron chi connectivity index (χ4n) is 1.73. The number of carbonyl (C=O) groups is 1. The average molecular weight is 291 g/mol. The van der Waals surface area contributed by atoms with Crippen molar-refractivity contribution in [3.8, 4) is 0 Å². The normalized spacial score (nSPS) is 11.9. The molecule has 0 atom stereocenters. The van der Waals surface area contributed by atoms with Crippen molar-refractivity contribution in [3.05, 3.63) is 23.7 Å². The predicted octanol–water partition coefficient (Wildman–Crippen LogP) is 2.27. The van der Waals surface area contributed by atoms with E-state index >= 15 is 0 Å². The molecule has 21 heavy (non-hydrogen) atoms. The number of ether oxygens (including phenoxy) is 1. The fraction of sp³-hybridized carbons (Fsp3) is 0.571. The molecular formula is C14H21N5O2. The van der Waals surface area contributed by atoms with E-state index in [0.717, 1.165) is 5.69 Å². The Kier molecular flexibility index (Phi) is 4.11. The van der Waals surface area contributed by atoms with Crippen LogP contribution in [0.15, 0.2) is 12.1 Å². The van der Waals surface area contributed by atoms with Gasteiger partial charge < -0.3 is 10.1 Å². The number of nitrogens with zero attached hydrogens (tertiary/aromatic N) is 4. The molecule has 2 aromatic rings. The summed E-state index contributed by atoms with van der Waals surface area (Å²) in [6.07, 6.45) is -0.487. The van der Waals surface area contributed by atoms with E-state index in [0.29, 0.717) is 17.4 Å². The minimum absolute atomic E-state index is 0.213. The van der Waals surface area contributed by atoms with Crippen LogP contribution in [-0.2, 0) is 11.3 Å². The van der Waals surface area contributed by atoms with Crippen molar-refractivity contribution in [2.24, 2.45) is 0 Å². The molecule has 0 radical (unpaired) electrons. The van der Waals surface area contributed by atoms with Crippen LogP contribution in [0.1, 0.15) is 52.1 Å². The fourth-order valence-corrected chi connectivity index (χ4v) is 1.73. The first-order valence-electron chi connectivity index (χ1n) is 6.94. The first-order valence-corrected chi connectivity index (χ1v) is 6.94. The highest BCUT2D eigenvalue weighted by Crippen LogP contribution is 2.12. The van der Waals surface area contributed by atoms with Crippen LogP contribution in [0.4, 0.5) is 4.79 Å². The second-order valence-corrected chi connectivity index (χ2v) is 6.15. The smallest absolute Gasteiger partial charge is 0.408 e. The van der Waals surface area contributed by atoms with Crippen LogP contribution in [0.25, 0.3) is 5.65 Å². The highest BCUT2D eigenvalue weighted by molar-refractivity contribution is 5.67. The number of carbonyl (C=O) groups excluding carboxylic acids is 1. The molecule has 0 fully saturated rings. The maximum Gasteiger partial charge on any atom is 0.408 e. The largest absolute Gasteiger partial charge is 0.444 e.